The lowest BCUT2D eigenvalue weighted by atomic mass is 9.87. The number of aliphatic hydroxyl groups excluding tert-OH is 1. The summed E-state index contributed by atoms with van der Waals surface area (Å²) in [6.45, 7) is 3.79. The van der Waals surface area contributed by atoms with E-state index in [-0.39, 0.29) is 6.61 Å². The zero-order valence-electron chi connectivity index (χ0n) is 13.6. The molecule has 0 unspecified atom stereocenters. The first kappa shape index (κ1) is 17.5. The first-order valence-corrected chi connectivity index (χ1v) is 8.13. The summed E-state index contributed by atoms with van der Waals surface area (Å²) >= 11 is 0. The fourth-order valence-corrected chi connectivity index (χ4v) is 2.81. The summed E-state index contributed by atoms with van der Waals surface area (Å²) in [5.74, 6) is -2.58. The van der Waals surface area contributed by atoms with Crippen LogP contribution in [0.4, 0.5) is 0 Å². The van der Waals surface area contributed by atoms with Crippen molar-refractivity contribution >= 4 is 11.9 Å². The summed E-state index contributed by atoms with van der Waals surface area (Å²) < 4.78 is 10.5. The van der Waals surface area contributed by atoms with Crippen LogP contribution in [-0.2, 0) is 25.7 Å². The lowest BCUT2D eigenvalue weighted by Crippen LogP contribution is -2.35. The highest BCUT2D eigenvalue weighted by atomic mass is 16.6. The minimum absolute atomic E-state index is 0.154. The van der Waals surface area contributed by atoms with Gasteiger partial charge in [-0.2, -0.15) is 0 Å². The summed E-state index contributed by atoms with van der Waals surface area (Å²) in [6, 6.07) is 9.33. The molecule has 1 N–H and O–H groups in total. The third kappa shape index (κ3) is 4.32. The molecule has 0 bridgehead atoms. The third-order valence-electron chi connectivity index (χ3n) is 4.27. The number of carbonyl (C=O) groups is 2. The number of rotatable bonds is 7. The van der Waals surface area contributed by atoms with E-state index in [9.17, 15) is 14.7 Å². The number of cyclic esters (lactones) is 1. The SMILES string of the molecule is CCCC[C@H]1OC(=O)[C@H]([C@H](C)C(=O)OCc2ccccc2)[C@H]1O. The van der Waals surface area contributed by atoms with Gasteiger partial charge in [0, 0.05) is 0 Å². The Morgan fingerprint density at radius 3 is 2.70 bits per heavy atom. The molecule has 0 radical (unpaired) electrons. The van der Waals surface area contributed by atoms with Crippen molar-refractivity contribution in [2.75, 3.05) is 0 Å². The molecule has 0 aliphatic carbocycles. The molecule has 1 aromatic rings. The normalized spacial score (nSPS) is 25.0. The van der Waals surface area contributed by atoms with Crippen molar-refractivity contribution in [2.45, 2.75) is 51.9 Å². The maximum absolute atomic E-state index is 12.2. The van der Waals surface area contributed by atoms with Crippen LogP contribution in [0.25, 0.3) is 0 Å². The molecular formula is C18H24O5. The molecule has 1 heterocycles. The van der Waals surface area contributed by atoms with E-state index < -0.39 is 36.0 Å². The monoisotopic (exact) mass is 320 g/mol. The van der Waals surface area contributed by atoms with Crippen LogP contribution in [0.2, 0.25) is 0 Å². The molecule has 5 nitrogen and oxygen atoms in total. The topological polar surface area (TPSA) is 72.8 Å². The number of ether oxygens (including phenoxy) is 2. The van der Waals surface area contributed by atoms with Crippen molar-refractivity contribution in [3.63, 3.8) is 0 Å². The average molecular weight is 320 g/mol. The number of hydrogen-bond donors (Lipinski definition) is 1. The van der Waals surface area contributed by atoms with Crippen molar-refractivity contribution in [1.29, 1.82) is 0 Å². The number of hydrogen-bond acceptors (Lipinski definition) is 5. The molecule has 0 saturated carbocycles. The molecule has 4 atom stereocenters. The van der Waals surface area contributed by atoms with Crippen LogP contribution >= 0.6 is 0 Å². The predicted molar refractivity (Wildman–Crippen MR) is 84.3 cm³/mol. The zero-order chi connectivity index (χ0) is 16.8. The highest BCUT2D eigenvalue weighted by Crippen LogP contribution is 2.31. The van der Waals surface area contributed by atoms with Gasteiger partial charge < -0.3 is 14.6 Å². The van der Waals surface area contributed by atoms with Gasteiger partial charge in [-0.05, 0) is 18.4 Å². The van der Waals surface area contributed by atoms with Crippen LogP contribution in [0.1, 0.15) is 38.7 Å². The van der Waals surface area contributed by atoms with Gasteiger partial charge in [-0.15, -0.1) is 0 Å². The molecule has 1 aliphatic heterocycles. The molecule has 1 saturated heterocycles. The highest BCUT2D eigenvalue weighted by molar-refractivity contribution is 5.83. The predicted octanol–water partition coefficient (Wildman–Crippen LogP) is 2.46. The van der Waals surface area contributed by atoms with Crippen molar-refractivity contribution in [2.24, 2.45) is 11.8 Å². The van der Waals surface area contributed by atoms with E-state index in [1.807, 2.05) is 37.3 Å². The maximum atomic E-state index is 12.2. The van der Waals surface area contributed by atoms with Crippen LogP contribution in [0.3, 0.4) is 0 Å². The van der Waals surface area contributed by atoms with E-state index >= 15 is 0 Å². The molecular weight excluding hydrogens is 296 g/mol. The quantitative estimate of drug-likeness (QED) is 0.781. The Labute approximate surface area is 136 Å². The standard InChI is InChI=1S/C18H24O5/c1-3-4-10-14-16(19)15(18(21)23-14)12(2)17(20)22-11-13-8-6-5-7-9-13/h5-9,12,14-16,19H,3-4,10-11H2,1-2H3/t12-,14+,15+,16-/m0/s1. The molecule has 0 spiro atoms. The fraction of sp³-hybridized carbons (Fsp3) is 0.556. The van der Waals surface area contributed by atoms with Gasteiger partial charge >= 0.3 is 11.9 Å². The van der Waals surface area contributed by atoms with Crippen LogP contribution in [-0.4, -0.2) is 29.3 Å². The Bertz CT molecular complexity index is 527. The third-order valence-corrected chi connectivity index (χ3v) is 4.27. The van der Waals surface area contributed by atoms with Crippen LogP contribution in [0.15, 0.2) is 30.3 Å². The van der Waals surface area contributed by atoms with Gasteiger partial charge in [-0.25, -0.2) is 0 Å². The molecule has 1 fully saturated rings. The lowest BCUT2D eigenvalue weighted by Gasteiger charge is -2.19. The summed E-state index contributed by atoms with van der Waals surface area (Å²) in [7, 11) is 0. The summed E-state index contributed by atoms with van der Waals surface area (Å²) in [6.07, 6.45) is 0.977. The van der Waals surface area contributed by atoms with E-state index in [0.29, 0.717) is 6.42 Å². The van der Waals surface area contributed by atoms with Crippen LogP contribution in [0, 0.1) is 11.8 Å². The van der Waals surface area contributed by atoms with E-state index in [1.54, 1.807) is 6.92 Å². The van der Waals surface area contributed by atoms with Gasteiger partial charge in [-0.3, -0.25) is 9.59 Å². The second-order valence-corrected chi connectivity index (χ2v) is 6.02. The van der Waals surface area contributed by atoms with Crippen molar-refractivity contribution in [3.8, 4) is 0 Å². The maximum Gasteiger partial charge on any atom is 0.312 e. The molecule has 23 heavy (non-hydrogen) atoms. The first-order chi connectivity index (χ1) is 11.0. The van der Waals surface area contributed by atoms with Crippen molar-refractivity contribution < 1.29 is 24.2 Å². The number of unbranched alkanes of at least 4 members (excludes halogenated alkanes) is 1. The Morgan fingerprint density at radius 2 is 2.04 bits per heavy atom. The molecule has 0 amide bonds. The summed E-state index contributed by atoms with van der Waals surface area (Å²) in [4.78, 5) is 24.2. The smallest absolute Gasteiger partial charge is 0.312 e. The largest absolute Gasteiger partial charge is 0.461 e. The van der Waals surface area contributed by atoms with Gasteiger partial charge in [0.15, 0.2) is 0 Å². The zero-order valence-corrected chi connectivity index (χ0v) is 13.6. The Morgan fingerprint density at radius 1 is 1.35 bits per heavy atom. The lowest BCUT2D eigenvalue weighted by molar-refractivity contribution is -0.157. The van der Waals surface area contributed by atoms with Gasteiger partial charge in [-0.1, -0.05) is 50.6 Å². The number of benzene rings is 1. The van der Waals surface area contributed by atoms with Gasteiger partial charge in [0.2, 0.25) is 0 Å². The van der Waals surface area contributed by atoms with E-state index in [1.165, 1.54) is 0 Å². The molecule has 1 aromatic carbocycles. The summed E-state index contributed by atoms with van der Waals surface area (Å²) in [5.41, 5.74) is 0.878. The summed E-state index contributed by atoms with van der Waals surface area (Å²) in [5, 5.41) is 10.3. The minimum Gasteiger partial charge on any atom is -0.461 e. The second kappa shape index (κ2) is 8.11. The molecule has 1 aliphatic rings. The van der Waals surface area contributed by atoms with E-state index in [0.717, 1.165) is 18.4 Å². The molecule has 126 valence electrons. The molecule has 5 heteroatoms. The van der Waals surface area contributed by atoms with Crippen LogP contribution < -0.4 is 0 Å². The number of aliphatic hydroxyl groups is 1. The highest BCUT2D eigenvalue weighted by Gasteiger charge is 2.48. The Hall–Kier alpha value is -1.88. The van der Waals surface area contributed by atoms with Crippen molar-refractivity contribution in [1.82, 2.24) is 0 Å². The minimum atomic E-state index is -0.951. The fourth-order valence-electron chi connectivity index (χ4n) is 2.81. The second-order valence-electron chi connectivity index (χ2n) is 6.02. The van der Waals surface area contributed by atoms with Gasteiger partial charge in [0.25, 0.3) is 0 Å². The first-order valence-electron chi connectivity index (χ1n) is 8.13. The molecule has 2 rings (SSSR count). The van der Waals surface area contributed by atoms with E-state index in [4.69, 9.17) is 9.47 Å². The van der Waals surface area contributed by atoms with Crippen molar-refractivity contribution in [3.05, 3.63) is 35.9 Å². The Kier molecular flexibility index (Phi) is 6.16. The van der Waals surface area contributed by atoms with Gasteiger partial charge in [0.05, 0.1) is 11.8 Å². The van der Waals surface area contributed by atoms with Gasteiger partial charge in [0.1, 0.15) is 18.8 Å². The Balaban J connectivity index is 1.92. The van der Waals surface area contributed by atoms with E-state index in [2.05, 4.69) is 0 Å². The number of carbonyl (C=O) groups excluding carboxylic acids is 2. The van der Waals surface area contributed by atoms with Crippen LogP contribution in [0.5, 0.6) is 0 Å². The average Bonchev–Trinajstić information content (AvgIpc) is 2.84. The molecule has 0 aromatic heterocycles. The number of esters is 2.